The molecule has 3 aromatic carbocycles. The van der Waals surface area contributed by atoms with Crippen molar-refractivity contribution >= 4 is 23.2 Å². The van der Waals surface area contributed by atoms with Gasteiger partial charge in [-0.05, 0) is 42.5 Å². The fourth-order valence-corrected chi connectivity index (χ4v) is 4.80. The Labute approximate surface area is 208 Å². The number of amides is 2. The number of para-hydroxylation sites is 1. The largest absolute Gasteiger partial charge is 0.497 e. The van der Waals surface area contributed by atoms with Gasteiger partial charge in [0.1, 0.15) is 23.5 Å². The van der Waals surface area contributed by atoms with Crippen LogP contribution in [0.1, 0.15) is 11.6 Å². The van der Waals surface area contributed by atoms with Gasteiger partial charge in [-0.25, -0.2) is 9.96 Å². The number of hydroxylamine groups is 1. The molecule has 2 heterocycles. The van der Waals surface area contributed by atoms with Crippen LogP contribution in [0, 0.1) is 5.92 Å². The van der Waals surface area contributed by atoms with Gasteiger partial charge in [0, 0.05) is 11.6 Å². The van der Waals surface area contributed by atoms with E-state index in [0.29, 0.717) is 39.9 Å². The van der Waals surface area contributed by atoms with Crippen LogP contribution in [0.3, 0.4) is 0 Å². The Balaban J connectivity index is 1.63. The highest BCUT2D eigenvalue weighted by molar-refractivity contribution is 6.24. The monoisotopic (exact) mass is 490 g/mol. The molecule has 3 aromatic rings. The van der Waals surface area contributed by atoms with Crippen LogP contribution in [0.2, 0.25) is 0 Å². The Morgan fingerprint density at radius 2 is 1.33 bits per heavy atom. The molecule has 0 bridgehead atoms. The van der Waals surface area contributed by atoms with Crippen LogP contribution in [0.15, 0.2) is 66.7 Å². The molecule has 0 unspecified atom stereocenters. The molecule has 2 amide bonds. The predicted octanol–water partition coefficient (Wildman–Crippen LogP) is 3.77. The molecule has 3 atom stereocenters. The standard InChI is InChI=1S/C27H26N2O7/c1-32-18-12-10-16(11-13-18)28-26(30)23-24(19-14-21(34-3)22(35-4)15-20(19)33-2)29(36-25(23)27(28)31)17-8-6-5-7-9-17/h5-15,23-25H,1-4H3/t23-,24+,25-/m1/s1. The summed E-state index contributed by atoms with van der Waals surface area (Å²) in [6.45, 7) is 0. The molecule has 0 aromatic heterocycles. The number of ether oxygens (including phenoxy) is 4. The number of hydrogen-bond acceptors (Lipinski definition) is 8. The topological polar surface area (TPSA) is 86.8 Å². The van der Waals surface area contributed by atoms with Crippen LogP contribution < -0.4 is 28.9 Å². The summed E-state index contributed by atoms with van der Waals surface area (Å²) in [5, 5.41) is 1.61. The van der Waals surface area contributed by atoms with Gasteiger partial charge in [-0.2, -0.15) is 0 Å². The van der Waals surface area contributed by atoms with Crippen LogP contribution in [0.4, 0.5) is 11.4 Å². The number of benzene rings is 3. The average molecular weight is 491 g/mol. The Kier molecular flexibility index (Phi) is 6.15. The van der Waals surface area contributed by atoms with Gasteiger partial charge in [0.05, 0.1) is 39.8 Å². The molecule has 2 fully saturated rings. The van der Waals surface area contributed by atoms with Gasteiger partial charge in [-0.3, -0.25) is 14.4 Å². The van der Waals surface area contributed by atoms with Gasteiger partial charge < -0.3 is 18.9 Å². The number of imide groups is 1. The summed E-state index contributed by atoms with van der Waals surface area (Å²) >= 11 is 0. The first-order valence-corrected chi connectivity index (χ1v) is 11.3. The number of carbonyl (C=O) groups is 2. The van der Waals surface area contributed by atoms with E-state index in [9.17, 15) is 9.59 Å². The molecule has 9 nitrogen and oxygen atoms in total. The molecule has 186 valence electrons. The van der Waals surface area contributed by atoms with Crippen molar-refractivity contribution in [1.29, 1.82) is 0 Å². The van der Waals surface area contributed by atoms with E-state index in [0.717, 1.165) is 0 Å². The number of rotatable bonds is 7. The van der Waals surface area contributed by atoms with Crippen molar-refractivity contribution in [3.63, 3.8) is 0 Å². The van der Waals surface area contributed by atoms with Crippen LogP contribution >= 0.6 is 0 Å². The minimum absolute atomic E-state index is 0.365. The third-order valence-electron chi connectivity index (χ3n) is 6.51. The fourth-order valence-electron chi connectivity index (χ4n) is 4.80. The average Bonchev–Trinajstić information content (AvgIpc) is 3.43. The second-order valence-electron chi connectivity index (χ2n) is 8.32. The molecule has 0 saturated carbocycles. The minimum Gasteiger partial charge on any atom is -0.497 e. The molecule has 2 aliphatic rings. The lowest BCUT2D eigenvalue weighted by Gasteiger charge is -2.30. The van der Waals surface area contributed by atoms with Crippen molar-refractivity contribution in [2.75, 3.05) is 38.4 Å². The lowest BCUT2D eigenvalue weighted by molar-refractivity contribution is -0.126. The quantitative estimate of drug-likeness (QED) is 0.463. The van der Waals surface area contributed by atoms with Gasteiger partial charge in [0.25, 0.3) is 5.91 Å². The molecule has 36 heavy (non-hydrogen) atoms. The zero-order chi connectivity index (χ0) is 25.4. The fraction of sp³-hybridized carbons (Fsp3) is 0.259. The Morgan fingerprint density at radius 1 is 0.694 bits per heavy atom. The second kappa shape index (κ2) is 9.43. The number of fused-ring (bicyclic) bond motifs is 1. The van der Waals surface area contributed by atoms with Crippen molar-refractivity contribution in [2.24, 2.45) is 5.92 Å². The normalized spacial score (nSPS) is 20.9. The van der Waals surface area contributed by atoms with Gasteiger partial charge in [-0.1, -0.05) is 18.2 Å². The SMILES string of the molecule is COc1ccc(N2C(=O)[C@H]3[C@@H](ON(c4ccccc4)[C@H]3c3cc(OC)c(OC)cc3OC)C2=O)cc1. The van der Waals surface area contributed by atoms with E-state index < -0.39 is 24.0 Å². The number of carbonyl (C=O) groups excluding carboxylic acids is 2. The third kappa shape index (κ3) is 3.68. The van der Waals surface area contributed by atoms with E-state index in [4.69, 9.17) is 23.8 Å². The van der Waals surface area contributed by atoms with Crippen LogP contribution in [0.5, 0.6) is 23.0 Å². The molecular formula is C27H26N2O7. The van der Waals surface area contributed by atoms with Crippen molar-refractivity contribution in [3.05, 3.63) is 72.3 Å². The zero-order valence-corrected chi connectivity index (χ0v) is 20.3. The summed E-state index contributed by atoms with van der Waals surface area (Å²) in [6, 6.07) is 18.9. The summed E-state index contributed by atoms with van der Waals surface area (Å²) in [5.41, 5.74) is 1.78. The van der Waals surface area contributed by atoms with Gasteiger partial charge in [-0.15, -0.1) is 0 Å². The predicted molar refractivity (Wildman–Crippen MR) is 132 cm³/mol. The Bertz CT molecular complexity index is 1280. The van der Waals surface area contributed by atoms with Gasteiger partial charge >= 0.3 is 0 Å². The van der Waals surface area contributed by atoms with Crippen LogP contribution in [0.25, 0.3) is 0 Å². The lowest BCUT2D eigenvalue weighted by atomic mass is 9.89. The van der Waals surface area contributed by atoms with Crippen molar-refractivity contribution in [1.82, 2.24) is 0 Å². The highest BCUT2D eigenvalue weighted by Crippen LogP contribution is 2.51. The number of methoxy groups -OCH3 is 4. The molecule has 0 N–H and O–H groups in total. The Morgan fingerprint density at radius 3 is 1.94 bits per heavy atom. The van der Waals surface area contributed by atoms with E-state index in [1.807, 2.05) is 30.3 Å². The van der Waals surface area contributed by atoms with E-state index in [1.165, 1.54) is 26.2 Å². The summed E-state index contributed by atoms with van der Waals surface area (Å²) < 4.78 is 21.9. The number of nitrogens with zero attached hydrogens (tertiary/aromatic N) is 2. The van der Waals surface area contributed by atoms with Crippen molar-refractivity contribution in [3.8, 4) is 23.0 Å². The van der Waals surface area contributed by atoms with E-state index in [1.54, 1.807) is 48.6 Å². The molecule has 2 aliphatic heterocycles. The number of anilines is 2. The maximum absolute atomic E-state index is 13.9. The minimum atomic E-state index is -1.01. The first-order chi connectivity index (χ1) is 17.5. The van der Waals surface area contributed by atoms with Crippen LogP contribution in [-0.4, -0.2) is 46.4 Å². The third-order valence-corrected chi connectivity index (χ3v) is 6.51. The highest BCUT2D eigenvalue weighted by atomic mass is 16.7. The van der Waals surface area contributed by atoms with E-state index in [-0.39, 0.29) is 5.91 Å². The summed E-state index contributed by atoms with van der Waals surface area (Å²) in [5.74, 6) is 0.422. The van der Waals surface area contributed by atoms with Crippen molar-refractivity contribution < 1.29 is 33.4 Å². The summed E-state index contributed by atoms with van der Waals surface area (Å²) in [7, 11) is 6.16. The first kappa shape index (κ1) is 23.5. The molecule has 5 rings (SSSR count). The molecule has 0 aliphatic carbocycles. The van der Waals surface area contributed by atoms with Crippen LogP contribution in [-0.2, 0) is 14.4 Å². The molecule has 0 radical (unpaired) electrons. The molecule has 2 saturated heterocycles. The molecule has 0 spiro atoms. The second-order valence-corrected chi connectivity index (χ2v) is 8.32. The number of hydrogen-bond donors (Lipinski definition) is 0. The summed E-state index contributed by atoms with van der Waals surface area (Å²) in [6.07, 6.45) is -1.01. The van der Waals surface area contributed by atoms with Gasteiger partial charge in [0.15, 0.2) is 17.6 Å². The maximum atomic E-state index is 13.9. The van der Waals surface area contributed by atoms with E-state index in [2.05, 4.69) is 0 Å². The summed E-state index contributed by atoms with van der Waals surface area (Å²) in [4.78, 5) is 34.8. The smallest absolute Gasteiger partial charge is 0.266 e. The maximum Gasteiger partial charge on any atom is 0.266 e. The molecule has 9 heteroatoms. The molecular weight excluding hydrogens is 464 g/mol. The first-order valence-electron chi connectivity index (χ1n) is 11.3. The van der Waals surface area contributed by atoms with Crippen molar-refractivity contribution in [2.45, 2.75) is 12.1 Å². The van der Waals surface area contributed by atoms with E-state index >= 15 is 0 Å². The van der Waals surface area contributed by atoms with Gasteiger partial charge in [0.2, 0.25) is 5.91 Å². The Hall–Kier alpha value is -4.24. The highest BCUT2D eigenvalue weighted by Gasteiger charge is 2.61. The lowest BCUT2D eigenvalue weighted by Crippen LogP contribution is -2.37. The zero-order valence-electron chi connectivity index (χ0n) is 20.3.